The summed E-state index contributed by atoms with van der Waals surface area (Å²) >= 11 is 6.00. The Hall–Kier alpha value is -5.33. The van der Waals surface area contributed by atoms with Crippen molar-refractivity contribution in [2.24, 2.45) is 5.73 Å². The summed E-state index contributed by atoms with van der Waals surface area (Å²) in [5.41, 5.74) is 8.82. The molecule has 2 aliphatic heterocycles. The van der Waals surface area contributed by atoms with Gasteiger partial charge in [0.2, 0.25) is 12.0 Å². The van der Waals surface area contributed by atoms with Crippen molar-refractivity contribution in [2.75, 3.05) is 13.2 Å². The van der Waals surface area contributed by atoms with Crippen LogP contribution in [0.5, 0.6) is 34.5 Å². The molecule has 0 radical (unpaired) electrons. The molecular weight excluding hydrogens is 584 g/mol. The van der Waals surface area contributed by atoms with E-state index in [-0.39, 0.29) is 23.8 Å². The molecule has 4 aromatic carbocycles. The van der Waals surface area contributed by atoms with Gasteiger partial charge in [-0.3, -0.25) is 0 Å². The van der Waals surface area contributed by atoms with Crippen LogP contribution in [0.3, 0.4) is 0 Å². The minimum Gasteiger partial charge on any atom is -0.490 e. The molecule has 0 amide bonds. The monoisotopic (exact) mass is 610 g/mol. The van der Waals surface area contributed by atoms with Crippen LogP contribution in [0.25, 0.3) is 0 Å². The quantitative estimate of drug-likeness (QED) is 0.181. The van der Waals surface area contributed by atoms with Gasteiger partial charge < -0.3 is 34.2 Å². The smallest absolute Gasteiger partial charge is 0.356 e. The van der Waals surface area contributed by atoms with E-state index in [2.05, 4.69) is 6.07 Å². The molecular formula is C34H27ClN2O7. The van der Waals surface area contributed by atoms with Crippen LogP contribution in [0.1, 0.15) is 29.5 Å². The molecule has 2 unspecified atom stereocenters. The molecule has 0 saturated carbocycles. The van der Waals surface area contributed by atoms with Gasteiger partial charge in [-0.05, 0) is 60.5 Å². The van der Waals surface area contributed by atoms with Gasteiger partial charge in [0.1, 0.15) is 36.4 Å². The molecule has 9 nitrogen and oxygen atoms in total. The maximum Gasteiger partial charge on any atom is 0.356 e. The second kappa shape index (κ2) is 12.5. The number of carbonyl (C=O) groups is 1. The fourth-order valence-electron chi connectivity index (χ4n) is 4.99. The van der Waals surface area contributed by atoms with E-state index in [0.29, 0.717) is 52.5 Å². The molecule has 2 atom stereocenters. The van der Waals surface area contributed by atoms with Crippen molar-refractivity contribution < 1.29 is 33.2 Å². The lowest BCUT2D eigenvalue weighted by Gasteiger charge is -2.28. The average Bonchev–Trinajstić information content (AvgIpc) is 3.04. The minimum atomic E-state index is -0.942. The van der Waals surface area contributed by atoms with Gasteiger partial charge >= 0.3 is 5.97 Å². The van der Waals surface area contributed by atoms with E-state index in [9.17, 15) is 10.1 Å². The lowest BCUT2D eigenvalue weighted by Crippen LogP contribution is -2.39. The minimum absolute atomic E-state index is 0.0160. The average molecular weight is 611 g/mol. The number of esters is 1. The first-order valence-electron chi connectivity index (χ1n) is 13.9. The Balaban J connectivity index is 1.24. The van der Waals surface area contributed by atoms with Crippen LogP contribution in [0.2, 0.25) is 5.02 Å². The third kappa shape index (κ3) is 5.93. The van der Waals surface area contributed by atoms with Gasteiger partial charge in [-0.1, -0.05) is 48.0 Å². The van der Waals surface area contributed by atoms with E-state index < -0.39 is 18.0 Å². The zero-order chi connectivity index (χ0) is 30.6. The third-order valence-electron chi connectivity index (χ3n) is 7.09. The summed E-state index contributed by atoms with van der Waals surface area (Å²) < 4.78 is 34.8. The second-order valence-electron chi connectivity index (χ2n) is 9.96. The maximum absolute atomic E-state index is 12.9. The molecule has 4 aromatic rings. The van der Waals surface area contributed by atoms with E-state index in [4.69, 9.17) is 45.8 Å². The number of para-hydroxylation sites is 2. The molecule has 0 saturated heterocycles. The zero-order valence-electron chi connectivity index (χ0n) is 23.6. The molecule has 2 N–H and O–H groups in total. The fraction of sp³-hybridized carbons (Fsp3) is 0.176. The topological polar surface area (TPSA) is 122 Å². The SMILES string of the molecule is CCOc1cc(C2C(C#N)=C(N)Oc3cc(OC(=O)C4COc5ccccc5O4)ccc32)ccc1OCc1ccc(Cl)cc1. The molecule has 2 aliphatic rings. The first kappa shape index (κ1) is 28.8. The Bertz CT molecular complexity index is 1780. The highest BCUT2D eigenvalue weighted by atomic mass is 35.5. The molecule has 0 aromatic heterocycles. The van der Waals surface area contributed by atoms with Crippen LogP contribution >= 0.6 is 11.6 Å². The fourth-order valence-corrected chi connectivity index (χ4v) is 5.12. The lowest BCUT2D eigenvalue weighted by molar-refractivity contribution is -0.144. The number of ether oxygens (including phenoxy) is 6. The number of benzene rings is 4. The number of nitrogens with two attached hydrogens (primary N) is 1. The molecule has 0 spiro atoms. The largest absolute Gasteiger partial charge is 0.490 e. The Morgan fingerprint density at radius 1 is 0.977 bits per heavy atom. The number of fused-ring (bicyclic) bond motifs is 2. The number of halogens is 1. The molecule has 10 heteroatoms. The summed E-state index contributed by atoms with van der Waals surface area (Å²) in [5, 5.41) is 10.7. The second-order valence-corrected chi connectivity index (χ2v) is 10.4. The van der Waals surface area contributed by atoms with Crippen molar-refractivity contribution in [3.8, 4) is 40.6 Å². The summed E-state index contributed by atoms with van der Waals surface area (Å²) in [5.74, 6) is 1.44. The van der Waals surface area contributed by atoms with Crippen molar-refractivity contribution in [2.45, 2.75) is 25.6 Å². The number of hydrogen-bond donors (Lipinski definition) is 1. The highest BCUT2D eigenvalue weighted by Gasteiger charge is 2.33. The van der Waals surface area contributed by atoms with Crippen LogP contribution in [-0.2, 0) is 11.4 Å². The van der Waals surface area contributed by atoms with Crippen LogP contribution in [0.4, 0.5) is 0 Å². The Kier molecular flexibility index (Phi) is 8.17. The number of allylic oxidation sites excluding steroid dienone is 1. The number of carbonyl (C=O) groups excluding carboxylic acids is 1. The normalized spacial score (nSPS) is 16.7. The van der Waals surface area contributed by atoms with E-state index in [0.717, 1.165) is 11.1 Å². The number of rotatable bonds is 8. The molecule has 0 aliphatic carbocycles. The van der Waals surface area contributed by atoms with Crippen molar-refractivity contribution >= 4 is 17.6 Å². The van der Waals surface area contributed by atoms with Gasteiger partial charge in [0.05, 0.1) is 12.5 Å². The Labute approximate surface area is 258 Å². The van der Waals surface area contributed by atoms with E-state index in [1.807, 2.05) is 37.3 Å². The van der Waals surface area contributed by atoms with Crippen molar-refractivity contribution in [1.29, 1.82) is 5.26 Å². The molecule has 6 rings (SSSR count). The van der Waals surface area contributed by atoms with Crippen LogP contribution < -0.4 is 34.2 Å². The number of nitriles is 1. The predicted molar refractivity (Wildman–Crippen MR) is 161 cm³/mol. The molecule has 44 heavy (non-hydrogen) atoms. The van der Waals surface area contributed by atoms with Gasteiger partial charge in [0.25, 0.3) is 0 Å². The highest BCUT2D eigenvalue weighted by molar-refractivity contribution is 6.30. The summed E-state index contributed by atoms with van der Waals surface area (Å²) in [4.78, 5) is 12.9. The van der Waals surface area contributed by atoms with Gasteiger partial charge in [0.15, 0.2) is 23.0 Å². The van der Waals surface area contributed by atoms with Crippen LogP contribution in [0, 0.1) is 11.3 Å². The standard InChI is InChI=1S/C34H27ClN2O7/c1-2-39-30-15-21(9-14-27(30)40-18-20-7-10-22(35)11-8-20)32-24-13-12-23(16-29(24)44-33(37)25(32)17-36)42-34(38)31-19-41-26-5-3-4-6-28(26)43-31/h3-16,31-32H,2,18-19,37H2,1H3. The first-order chi connectivity index (χ1) is 21.4. The van der Waals surface area contributed by atoms with E-state index in [1.54, 1.807) is 54.6 Å². The summed E-state index contributed by atoms with van der Waals surface area (Å²) in [6.45, 7) is 2.62. The third-order valence-corrected chi connectivity index (χ3v) is 7.34. The Morgan fingerprint density at radius 2 is 1.77 bits per heavy atom. The maximum atomic E-state index is 12.9. The Morgan fingerprint density at radius 3 is 2.55 bits per heavy atom. The van der Waals surface area contributed by atoms with Crippen molar-refractivity contribution in [1.82, 2.24) is 0 Å². The zero-order valence-corrected chi connectivity index (χ0v) is 24.4. The van der Waals surface area contributed by atoms with Crippen LogP contribution in [-0.4, -0.2) is 25.3 Å². The van der Waals surface area contributed by atoms with Crippen molar-refractivity contribution in [3.63, 3.8) is 0 Å². The molecule has 0 bridgehead atoms. The van der Waals surface area contributed by atoms with Gasteiger partial charge in [-0.2, -0.15) is 5.26 Å². The molecule has 0 fully saturated rings. The van der Waals surface area contributed by atoms with Gasteiger partial charge in [-0.15, -0.1) is 0 Å². The summed E-state index contributed by atoms with van der Waals surface area (Å²) in [6, 6.07) is 27.1. The van der Waals surface area contributed by atoms with Crippen LogP contribution in [0.15, 0.2) is 96.4 Å². The van der Waals surface area contributed by atoms with Gasteiger partial charge in [-0.25, -0.2) is 4.79 Å². The summed E-state index contributed by atoms with van der Waals surface area (Å²) in [7, 11) is 0. The molecule has 222 valence electrons. The summed E-state index contributed by atoms with van der Waals surface area (Å²) in [6.07, 6.45) is -0.942. The number of nitrogens with zero attached hydrogens (tertiary/aromatic N) is 1. The molecule has 2 heterocycles. The highest BCUT2D eigenvalue weighted by Crippen LogP contribution is 2.45. The number of hydrogen-bond acceptors (Lipinski definition) is 9. The lowest BCUT2D eigenvalue weighted by atomic mass is 9.83. The van der Waals surface area contributed by atoms with Crippen molar-refractivity contribution in [3.05, 3.63) is 118 Å². The predicted octanol–water partition coefficient (Wildman–Crippen LogP) is 6.28. The first-order valence-corrected chi connectivity index (χ1v) is 14.3. The van der Waals surface area contributed by atoms with E-state index >= 15 is 0 Å². The van der Waals surface area contributed by atoms with Gasteiger partial charge in [0, 0.05) is 16.7 Å². The van der Waals surface area contributed by atoms with E-state index in [1.165, 1.54) is 0 Å².